The molecule has 0 aliphatic rings. The first-order valence-electron chi connectivity index (χ1n) is 7.95. The van der Waals surface area contributed by atoms with E-state index in [-0.39, 0.29) is 23.1 Å². The number of hydrogen-bond acceptors (Lipinski definition) is 4. The highest BCUT2D eigenvalue weighted by atomic mass is 16.5. The Morgan fingerprint density at radius 1 is 1.24 bits per heavy atom. The molecule has 124 valence electrons. The Balaban J connectivity index is 2.05. The number of aromatic amines is 1. The molecule has 0 aliphatic carbocycles. The van der Waals surface area contributed by atoms with Gasteiger partial charge in [-0.2, -0.15) is 5.26 Å². The summed E-state index contributed by atoms with van der Waals surface area (Å²) in [7, 11) is 0. The molecule has 25 heavy (non-hydrogen) atoms. The van der Waals surface area contributed by atoms with Gasteiger partial charge < -0.3 is 9.72 Å². The van der Waals surface area contributed by atoms with Crippen LogP contribution in [-0.2, 0) is 0 Å². The van der Waals surface area contributed by atoms with E-state index in [2.05, 4.69) is 16.0 Å². The number of fused-ring (bicyclic) bond motifs is 1. The summed E-state index contributed by atoms with van der Waals surface area (Å²) in [4.78, 5) is 19.3. The summed E-state index contributed by atoms with van der Waals surface area (Å²) in [6.07, 6.45) is 1.74. The summed E-state index contributed by atoms with van der Waals surface area (Å²) >= 11 is 0. The lowest BCUT2D eigenvalue weighted by Gasteiger charge is -2.10. The van der Waals surface area contributed by atoms with E-state index in [1.165, 1.54) is 0 Å². The third-order valence-corrected chi connectivity index (χ3v) is 3.53. The van der Waals surface area contributed by atoms with Gasteiger partial charge in [-0.1, -0.05) is 24.3 Å². The van der Waals surface area contributed by atoms with Crippen molar-refractivity contribution in [1.29, 1.82) is 5.26 Å². The molecule has 3 aromatic rings. The van der Waals surface area contributed by atoms with Crippen molar-refractivity contribution in [3.63, 3.8) is 0 Å². The van der Waals surface area contributed by atoms with Gasteiger partial charge in [-0.25, -0.2) is 4.98 Å². The van der Waals surface area contributed by atoms with Crippen molar-refractivity contribution in [2.45, 2.75) is 20.0 Å². The summed E-state index contributed by atoms with van der Waals surface area (Å²) in [5.74, 6) is 0.974. The first-order chi connectivity index (χ1) is 12.1. The smallest absolute Gasteiger partial charge is 0.259 e. The van der Waals surface area contributed by atoms with Gasteiger partial charge in [0.15, 0.2) is 5.82 Å². The first-order valence-corrected chi connectivity index (χ1v) is 7.95. The summed E-state index contributed by atoms with van der Waals surface area (Å²) in [5.41, 5.74) is 1.37. The third kappa shape index (κ3) is 3.75. The summed E-state index contributed by atoms with van der Waals surface area (Å²) in [6, 6.07) is 16.6. The second-order valence-corrected chi connectivity index (χ2v) is 5.84. The number of hydrogen-bond donors (Lipinski definition) is 1. The number of H-pyrrole nitrogens is 1. The van der Waals surface area contributed by atoms with Crippen LogP contribution in [0.1, 0.15) is 25.2 Å². The van der Waals surface area contributed by atoms with Crippen LogP contribution in [0.15, 0.2) is 53.3 Å². The van der Waals surface area contributed by atoms with Crippen molar-refractivity contribution in [1.82, 2.24) is 9.97 Å². The highest BCUT2D eigenvalue weighted by Crippen LogP contribution is 2.20. The van der Waals surface area contributed by atoms with Crippen LogP contribution < -0.4 is 10.3 Å². The first kappa shape index (κ1) is 16.5. The number of aromatic nitrogens is 2. The third-order valence-electron chi connectivity index (χ3n) is 3.53. The molecule has 0 atom stereocenters. The second kappa shape index (κ2) is 7.02. The molecule has 0 aliphatic heterocycles. The molecule has 0 saturated carbocycles. The maximum Gasteiger partial charge on any atom is 0.259 e. The molecule has 1 N–H and O–H groups in total. The molecule has 0 radical (unpaired) electrons. The quantitative estimate of drug-likeness (QED) is 0.738. The van der Waals surface area contributed by atoms with Crippen molar-refractivity contribution < 1.29 is 4.74 Å². The van der Waals surface area contributed by atoms with Crippen molar-refractivity contribution in [2.75, 3.05) is 0 Å². The van der Waals surface area contributed by atoms with E-state index in [0.29, 0.717) is 10.9 Å². The molecule has 0 saturated heterocycles. The van der Waals surface area contributed by atoms with Gasteiger partial charge in [0.2, 0.25) is 0 Å². The van der Waals surface area contributed by atoms with Crippen LogP contribution in [0.4, 0.5) is 0 Å². The molecular formula is C20H17N3O2. The van der Waals surface area contributed by atoms with Crippen molar-refractivity contribution in [2.24, 2.45) is 0 Å². The van der Waals surface area contributed by atoms with Crippen LogP contribution in [0.5, 0.6) is 5.75 Å². The predicted molar refractivity (Wildman–Crippen MR) is 98.1 cm³/mol. The van der Waals surface area contributed by atoms with Gasteiger partial charge in [0.1, 0.15) is 11.8 Å². The van der Waals surface area contributed by atoms with Crippen LogP contribution in [0, 0.1) is 11.3 Å². The number of nitrogens with one attached hydrogen (secondary N) is 1. The standard InChI is InChI=1S/C20H17N3O2/c1-13(2)25-16-7-5-6-14(11-16)10-15(12-21)19-22-18-9-4-3-8-17(18)20(24)23-19/h3-11,13H,1-2H3,(H,22,23,24)/b15-10-. The van der Waals surface area contributed by atoms with E-state index < -0.39 is 0 Å². The highest BCUT2D eigenvalue weighted by molar-refractivity contribution is 5.89. The van der Waals surface area contributed by atoms with E-state index in [4.69, 9.17) is 4.74 Å². The van der Waals surface area contributed by atoms with E-state index >= 15 is 0 Å². The van der Waals surface area contributed by atoms with Gasteiger partial charge in [0.05, 0.1) is 22.6 Å². The maximum absolute atomic E-state index is 12.2. The molecular weight excluding hydrogens is 314 g/mol. The number of nitriles is 1. The van der Waals surface area contributed by atoms with Gasteiger partial charge in [-0.15, -0.1) is 0 Å². The van der Waals surface area contributed by atoms with Crippen LogP contribution in [0.3, 0.4) is 0 Å². The Morgan fingerprint density at radius 2 is 2.04 bits per heavy atom. The van der Waals surface area contributed by atoms with Crippen molar-refractivity contribution in [3.8, 4) is 11.8 Å². The molecule has 0 unspecified atom stereocenters. The van der Waals surface area contributed by atoms with Gasteiger partial charge in [-0.05, 0) is 49.8 Å². The average molecular weight is 331 g/mol. The zero-order valence-electron chi connectivity index (χ0n) is 14.0. The van der Waals surface area contributed by atoms with E-state index in [9.17, 15) is 10.1 Å². The number of nitrogens with zero attached hydrogens (tertiary/aromatic N) is 2. The highest BCUT2D eigenvalue weighted by Gasteiger charge is 2.08. The Morgan fingerprint density at radius 3 is 2.80 bits per heavy atom. The van der Waals surface area contributed by atoms with Crippen LogP contribution in [-0.4, -0.2) is 16.1 Å². The molecule has 5 nitrogen and oxygen atoms in total. The van der Waals surface area contributed by atoms with Crippen LogP contribution in [0.2, 0.25) is 0 Å². The lowest BCUT2D eigenvalue weighted by atomic mass is 10.1. The largest absolute Gasteiger partial charge is 0.491 e. The van der Waals surface area contributed by atoms with Gasteiger partial charge in [0, 0.05) is 0 Å². The normalized spacial score (nSPS) is 11.5. The minimum atomic E-state index is -0.265. The maximum atomic E-state index is 12.2. The van der Waals surface area contributed by atoms with Crippen molar-refractivity contribution in [3.05, 3.63) is 70.3 Å². The average Bonchev–Trinajstić information content (AvgIpc) is 2.59. The van der Waals surface area contributed by atoms with Gasteiger partial charge in [0.25, 0.3) is 5.56 Å². The number of rotatable bonds is 4. The Labute approximate surface area is 145 Å². The fourth-order valence-corrected chi connectivity index (χ4v) is 2.48. The molecule has 1 heterocycles. The fourth-order valence-electron chi connectivity index (χ4n) is 2.48. The molecule has 1 aromatic heterocycles. The second-order valence-electron chi connectivity index (χ2n) is 5.84. The SMILES string of the molecule is CC(C)Oc1cccc(/C=C(/C#N)c2nc3ccccc3c(=O)[nH]2)c1. The summed E-state index contributed by atoms with van der Waals surface area (Å²) < 4.78 is 5.67. The number of allylic oxidation sites excluding steroid dienone is 1. The fraction of sp³-hybridized carbons (Fsp3) is 0.150. The number of benzene rings is 2. The van der Waals surface area contributed by atoms with Crippen molar-refractivity contribution >= 4 is 22.6 Å². The zero-order valence-corrected chi connectivity index (χ0v) is 14.0. The van der Waals surface area contributed by atoms with E-state index in [0.717, 1.165) is 11.3 Å². The number of ether oxygens (including phenoxy) is 1. The molecule has 2 aromatic carbocycles. The monoisotopic (exact) mass is 331 g/mol. The predicted octanol–water partition coefficient (Wildman–Crippen LogP) is 3.77. The molecule has 5 heteroatoms. The number of para-hydroxylation sites is 1. The molecule has 0 spiro atoms. The minimum Gasteiger partial charge on any atom is -0.491 e. The molecule has 0 bridgehead atoms. The molecule has 3 rings (SSSR count). The summed E-state index contributed by atoms with van der Waals surface area (Å²) in [5, 5.41) is 10.0. The lowest BCUT2D eigenvalue weighted by molar-refractivity contribution is 0.242. The van der Waals surface area contributed by atoms with Crippen LogP contribution >= 0.6 is 0 Å². The molecule has 0 amide bonds. The van der Waals surface area contributed by atoms with E-state index in [1.54, 1.807) is 30.3 Å². The zero-order chi connectivity index (χ0) is 17.8. The Kier molecular flexibility index (Phi) is 4.62. The Hall–Kier alpha value is -3.39. The van der Waals surface area contributed by atoms with Gasteiger partial charge in [-0.3, -0.25) is 4.79 Å². The van der Waals surface area contributed by atoms with E-state index in [1.807, 2.05) is 38.1 Å². The lowest BCUT2D eigenvalue weighted by Crippen LogP contribution is -2.11. The summed E-state index contributed by atoms with van der Waals surface area (Å²) in [6.45, 7) is 3.90. The minimum absolute atomic E-state index is 0.0631. The Bertz CT molecular complexity index is 1040. The molecule has 0 fully saturated rings. The topological polar surface area (TPSA) is 78.8 Å². The van der Waals surface area contributed by atoms with Gasteiger partial charge >= 0.3 is 0 Å². The van der Waals surface area contributed by atoms with Crippen LogP contribution in [0.25, 0.3) is 22.6 Å².